The van der Waals surface area contributed by atoms with E-state index >= 15 is 0 Å². The number of carbonyl (C=O) groups excluding carboxylic acids is 1. The molecule has 1 amide bonds. The van der Waals surface area contributed by atoms with Gasteiger partial charge in [-0.25, -0.2) is 0 Å². The first-order valence-electron chi connectivity index (χ1n) is 6.49. The maximum absolute atomic E-state index is 11.7. The van der Waals surface area contributed by atoms with E-state index in [0.29, 0.717) is 6.54 Å². The largest absolute Gasteiger partial charge is 0.353 e. The zero-order chi connectivity index (χ0) is 13.7. The lowest BCUT2D eigenvalue weighted by atomic mass is 10.2. The molecule has 18 heavy (non-hydrogen) atoms. The van der Waals surface area contributed by atoms with Crippen LogP contribution in [0.1, 0.15) is 39.1 Å². The third-order valence-corrected chi connectivity index (χ3v) is 2.80. The number of aromatic nitrogens is 2. The van der Waals surface area contributed by atoms with E-state index in [1.165, 1.54) is 0 Å². The molecule has 0 radical (unpaired) electrons. The molecule has 0 bridgehead atoms. The standard InChI is InChI=1S/C13H24N4O/c1-6-11-7-12(17(5)16-11)8-14-10(4)13(18)15-9(2)3/h7,9-10,14H,6,8H2,1-5H3,(H,15,18). The normalized spacial score (nSPS) is 12.8. The minimum absolute atomic E-state index is 0.0304. The van der Waals surface area contributed by atoms with E-state index < -0.39 is 0 Å². The number of amides is 1. The predicted molar refractivity (Wildman–Crippen MR) is 72.2 cm³/mol. The van der Waals surface area contributed by atoms with Crippen molar-refractivity contribution >= 4 is 5.91 Å². The van der Waals surface area contributed by atoms with Crippen molar-refractivity contribution in [1.29, 1.82) is 0 Å². The van der Waals surface area contributed by atoms with Crippen molar-refractivity contribution in [2.45, 2.75) is 52.7 Å². The van der Waals surface area contributed by atoms with Crippen LogP contribution < -0.4 is 10.6 Å². The van der Waals surface area contributed by atoms with Crippen LogP contribution in [0.3, 0.4) is 0 Å². The lowest BCUT2D eigenvalue weighted by molar-refractivity contribution is -0.123. The van der Waals surface area contributed by atoms with Crippen LogP contribution in [0.25, 0.3) is 0 Å². The third kappa shape index (κ3) is 4.14. The molecule has 0 aliphatic carbocycles. The first kappa shape index (κ1) is 14.7. The fraction of sp³-hybridized carbons (Fsp3) is 0.692. The zero-order valence-corrected chi connectivity index (χ0v) is 11.9. The zero-order valence-electron chi connectivity index (χ0n) is 11.9. The van der Waals surface area contributed by atoms with Crippen LogP contribution in [0.4, 0.5) is 0 Å². The van der Waals surface area contributed by atoms with Gasteiger partial charge in [-0.1, -0.05) is 6.92 Å². The van der Waals surface area contributed by atoms with E-state index in [2.05, 4.69) is 28.7 Å². The first-order chi connectivity index (χ1) is 8.43. The van der Waals surface area contributed by atoms with Crippen molar-refractivity contribution in [3.05, 3.63) is 17.5 Å². The Labute approximate surface area is 109 Å². The summed E-state index contributed by atoms with van der Waals surface area (Å²) in [4.78, 5) is 11.7. The second kappa shape index (κ2) is 6.54. The van der Waals surface area contributed by atoms with Gasteiger partial charge in [-0.2, -0.15) is 5.10 Å². The lowest BCUT2D eigenvalue weighted by Gasteiger charge is -2.15. The summed E-state index contributed by atoms with van der Waals surface area (Å²) in [5, 5.41) is 10.5. The van der Waals surface area contributed by atoms with Gasteiger partial charge in [0.1, 0.15) is 0 Å². The molecule has 5 heteroatoms. The van der Waals surface area contributed by atoms with Crippen molar-refractivity contribution in [3.8, 4) is 0 Å². The third-order valence-electron chi connectivity index (χ3n) is 2.80. The molecule has 0 fully saturated rings. The molecule has 102 valence electrons. The molecule has 1 aromatic rings. The van der Waals surface area contributed by atoms with Crippen LogP contribution >= 0.6 is 0 Å². The maximum Gasteiger partial charge on any atom is 0.237 e. The van der Waals surface area contributed by atoms with Crippen LogP contribution in [-0.2, 0) is 24.8 Å². The fourth-order valence-corrected chi connectivity index (χ4v) is 1.67. The second-order valence-electron chi connectivity index (χ2n) is 4.87. The van der Waals surface area contributed by atoms with E-state index in [9.17, 15) is 4.79 Å². The Morgan fingerprint density at radius 1 is 1.44 bits per heavy atom. The van der Waals surface area contributed by atoms with Gasteiger partial charge in [0.2, 0.25) is 5.91 Å². The van der Waals surface area contributed by atoms with Gasteiger partial charge in [0.05, 0.1) is 17.4 Å². The Balaban J connectivity index is 2.49. The quantitative estimate of drug-likeness (QED) is 0.793. The van der Waals surface area contributed by atoms with Gasteiger partial charge in [-0.05, 0) is 33.3 Å². The van der Waals surface area contributed by atoms with E-state index in [-0.39, 0.29) is 18.0 Å². The summed E-state index contributed by atoms with van der Waals surface area (Å²) in [5.41, 5.74) is 2.17. The molecular formula is C13H24N4O. The molecule has 0 aliphatic heterocycles. The Morgan fingerprint density at radius 2 is 2.11 bits per heavy atom. The van der Waals surface area contributed by atoms with Gasteiger partial charge in [-0.3, -0.25) is 9.48 Å². The van der Waals surface area contributed by atoms with Crippen LogP contribution in [-0.4, -0.2) is 27.8 Å². The van der Waals surface area contributed by atoms with Crippen LogP contribution in [0.5, 0.6) is 0 Å². The molecule has 0 spiro atoms. The Morgan fingerprint density at radius 3 is 2.61 bits per heavy atom. The van der Waals surface area contributed by atoms with Crippen molar-refractivity contribution in [2.24, 2.45) is 7.05 Å². The molecule has 1 unspecified atom stereocenters. The van der Waals surface area contributed by atoms with Crippen LogP contribution in [0, 0.1) is 0 Å². The van der Waals surface area contributed by atoms with Crippen LogP contribution in [0.2, 0.25) is 0 Å². The molecule has 0 aliphatic rings. The van der Waals surface area contributed by atoms with Gasteiger partial charge in [0.25, 0.3) is 0 Å². The summed E-state index contributed by atoms with van der Waals surface area (Å²) in [6, 6.07) is 2.04. The molecule has 0 aromatic carbocycles. The van der Waals surface area contributed by atoms with E-state index in [1.54, 1.807) is 0 Å². The van der Waals surface area contributed by atoms with Crippen molar-refractivity contribution < 1.29 is 4.79 Å². The van der Waals surface area contributed by atoms with Gasteiger partial charge in [0.15, 0.2) is 0 Å². The maximum atomic E-state index is 11.7. The lowest BCUT2D eigenvalue weighted by Crippen LogP contribution is -2.44. The van der Waals surface area contributed by atoms with Crippen molar-refractivity contribution in [1.82, 2.24) is 20.4 Å². The van der Waals surface area contributed by atoms with Gasteiger partial charge < -0.3 is 10.6 Å². The predicted octanol–water partition coefficient (Wildman–Crippen LogP) is 0.985. The minimum atomic E-state index is -0.202. The molecular weight excluding hydrogens is 228 g/mol. The van der Waals surface area contributed by atoms with Crippen molar-refractivity contribution in [3.63, 3.8) is 0 Å². The molecule has 0 saturated carbocycles. The Bertz CT molecular complexity index is 398. The highest BCUT2D eigenvalue weighted by Gasteiger charge is 2.13. The average molecular weight is 252 g/mol. The average Bonchev–Trinajstić information content (AvgIpc) is 2.66. The number of nitrogens with zero attached hydrogens (tertiary/aromatic N) is 2. The molecule has 2 N–H and O–H groups in total. The monoisotopic (exact) mass is 252 g/mol. The molecule has 5 nitrogen and oxygen atoms in total. The number of hydrogen-bond acceptors (Lipinski definition) is 3. The van der Waals surface area contributed by atoms with Gasteiger partial charge >= 0.3 is 0 Å². The van der Waals surface area contributed by atoms with E-state index in [1.807, 2.05) is 32.5 Å². The summed E-state index contributed by atoms with van der Waals surface area (Å²) in [6.45, 7) is 8.52. The van der Waals surface area contributed by atoms with Crippen molar-refractivity contribution in [2.75, 3.05) is 0 Å². The molecule has 0 saturated heterocycles. The summed E-state index contributed by atoms with van der Waals surface area (Å²) in [6.07, 6.45) is 0.928. The summed E-state index contributed by atoms with van der Waals surface area (Å²) in [5.74, 6) is 0.0304. The smallest absolute Gasteiger partial charge is 0.237 e. The molecule has 1 atom stereocenters. The van der Waals surface area contributed by atoms with E-state index in [0.717, 1.165) is 17.8 Å². The number of hydrogen-bond donors (Lipinski definition) is 2. The molecule has 1 rings (SSSR count). The topological polar surface area (TPSA) is 59.0 Å². The minimum Gasteiger partial charge on any atom is -0.353 e. The highest BCUT2D eigenvalue weighted by Crippen LogP contribution is 2.03. The van der Waals surface area contributed by atoms with Gasteiger partial charge in [0, 0.05) is 19.6 Å². The molecule has 1 heterocycles. The molecule has 1 aromatic heterocycles. The van der Waals surface area contributed by atoms with Crippen LogP contribution in [0.15, 0.2) is 6.07 Å². The number of aryl methyl sites for hydroxylation is 2. The van der Waals surface area contributed by atoms with Gasteiger partial charge in [-0.15, -0.1) is 0 Å². The summed E-state index contributed by atoms with van der Waals surface area (Å²) in [7, 11) is 1.93. The first-order valence-corrected chi connectivity index (χ1v) is 6.49. The Kier molecular flexibility index (Phi) is 5.34. The second-order valence-corrected chi connectivity index (χ2v) is 4.87. The Hall–Kier alpha value is -1.36. The summed E-state index contributed by atoms with van der Waals surface area (Å²) < 4.78 is 1.86. The number of rotatable bonds is 6. The summed E-state index contributed by atoms with van der Waals surface area (Å²) >= 11 is 0. The highest BCUT2D eigenvalue weighted by atomic mass is 16.2. The number of carbonyl (C=O) groups is 1. The SMILES string of the molecule is CCc1cc(CNC(C)C(=O)NC(C)C)n(C)n1. The number of nitrogens with one attached hydrogen (secondary N) is 2. The highest BCUT2D eigenvalue weighted by molar-refractivity contribution is 5.81. The fourth-order valence-electron chi connectivity index (χ4n) is 1.67. The van der Waals surface area contributed by atoms with E-state index in [4.69, 9.17) is 0 Å².